The van der Waals surface area contributed by atoms with Gasteiger partial charge in [-0.1, -0.05) is 24.3 Å². The Balaban J connectivity index is 2.06. The zero-order valence-corrected chi connectivity index (χ0v) is 10.1. The van der Waals surface area contributed by atoms with Crippen LogP contribution < -0.4 is 5.73 Å². The van der Waals surface area contributed by atoms with Crippen molar-refractivity contribution < 1.29 is 9.13 Å². The van der Waals surface area contributed by atoms with Crippen molar-refractivity contribution in [1.29, 1.82) is 0 Å². The number of halogens is 1. The highest BCUT2D eigenvalue weighted by Crippen LogP contribution is 2.32. The molecule has 0 saturated carbocycles. The number of benzene rings is 1. The van der Waals surface area contributed by atoms with Gasteiger partial charge in [0.25, 0.3) is 0 Å². The van der Waals surface area contributed by atoms with Gasteiger partial charge in [-0.3, -0.25) is 0 Å². The van der Waals surface area contributed by atoms with E-state index in [0.717, 1.165) is 37.0 Å². The molecule has 0 radical (unpaired) electrons. The van der Waals surface area contributed by atoms with Crippen LogP contribution in [0.1, 0.15) is 30.1 Å². The van der Waals surface area contributed by atoms with Crippen LogP contribution in [0.5, 0.6) is 0 Å². The average molecular weight is 237 g/mol. The van der Waals surface area contributed by atoms with Gasteiger partial charge in [-0.2, -0.15) is 0 Å². The van der Waals surface area contributed by atoms with E-state index in [1.54, 1.807) is 0 Å². The molecule has 1 aromatic carbocycles. The Labute approximate surface area is 102 Å². The van der Waals surface area contributed by atoms with Crippen LogP contribution in [0.3, 0.4) is 0 Å². The smallest absolute Gasteiger partial charge is 0.130 e. The largest absolute Gasteiger partial charge is 0.381 e. The normalized spacial score (nSPS) is 22.4. The molecule has 2 unspecified atom stereocenters. The molecule has 1 aliphatic heterocycles. The second-order valence-corrected chi connectivity index (χ2v) is 4.66. The molecule has 0 bridgehead atoms. The summed E-state index contributed by atoms with van der Waals surface area (Å²) in [5.74, 6) is 0.0110. The molecular formula is C14H20FNO. The first kappa shape index (κ1) is 12.5. The van der Waals surface area contributed by atoms with Gasteiger partial charge in [-0.15, -0.1) is 0 Å². The number of hydrogen-bond donors (Lipinski definition) is 1. The maximum absolute atomic E-state index is 14.3. The van der Waals surface area contributed by atoms with Crippen LogP contribution in [-0.2, 0) is 11.2 Å². The first-order chi connectivity index (χ1) is 8.31. The van der Waals surface area contributed by atoms with Crippen molar-refractivity contribution >= 4 is 0 Å². The number of hydrogen-bond acceptors (Lipinski definition) is 2. The third-order valence-electron chi connectivity index (χ3n) is 3.31. The van der Waals surface area contributed by atoms with Crippen LogP contribution >= 0.6 is 0 Å². The topological polar surface area (TPSA) is 35.2 Å². The molecule has 3 heteroatoms. The van der Waals surface area contributed by atoms with Gasteiger partial charge in [0.15, 0.2) is 0 Å². The highest BCUT2D eigenvalue weighted by atomic mass is 19.1. The third kappa shape index (κ3) is 3.27. The lowest BCUT2D eigenvalue weighted by Crippen LogP contribution is -2.21. The van der Waals surface area contributed by atoms with Crippen molar-refractivity contribution in [1.82, 2.24) is 0 Å². The Morgan fingerprint density at radius 2 is 2.35 bits per heavy atom. The predicted octanol–water partition coefficient (Wildman–Crippen LogP) is 2.63. The van der Waals surface area contributed by atoms with Crippen molar-refractivity contribution in [2.45, 2.75) is 25.4 Å². The maximum Gasteiger partial charge on any atom is 0.130 e. The molecule has 0 amide bonds. The molecule has 2 N–H and O–H groups in total. The molecule has 17 heavy (non-hydrogen) atoms. The van der Waals surface area contributed by atoms with E-state index in [-0.39, 0.29) is 5.92 Å². The minimum Gasteiger partial charge on any atom is -0.381 e. The SMILES string of the molecule is NCCc1cccc(C(F)C2CCCOC2)c1. The second kappa shape index (κ2) is 6.12. The Morgan fingerprint density at radius 1 is 1.47 bits per heavy atom. The average Bonchev–Trinajstić information content (AvgIpc) is 2.40. The van der Waals surface area contributed by atoms with Crippen LogP contribution in [0.15, 0.2) is 24.3 Å². The number of ether oxygens (including phenoxy) is 1. The van der Waals surface area contributed by atoms with Crippen LogP contribution in [0.2, 0.25) is 0 Å². The standard InChI is InChI=1S/C14H20FNO/c15-14(13-5-2-8-17-10-13)12-4-1-3-11(9-12)6-7-16/h1,3-4,9,13-14H,2,5-8,10,16H2. The number of nitrogens with two attached hydrogens (primary N) is 1. The van der Waals surface area contributed by atoms with Crippen molar-refractivity contribution in [3.8, 4) is 0 Å². The fraction of sp³-hybridized carbons (Fsp3) is 0.571. The van der Waals surface area contributed by atoms with Gasteiger partial charge in [0.1, 0.15) is 6.17 Å². The third-order valence-corrected chi connectivity index (χ3v) is 3.31. The number of alkyl halides is 1. The molecular weight excluding hydrogens is 217 g/mol. The lowest BCUT2D eigenvalue weighted by atomic mass is 9.91. The first-order valence-electron chi connectivity index (χ1n) is 6.32. The molecule has 94 valence electrons. The Kier molecular flexibility index (Phi) is 4.51. The van der Waals surface area contributed by atoms with Gasteiger partial charge < -0.3 is 10.5 Å². The summed E-state index contributed by atoms with van der Waals surface area (Å²) in [7, 11) is 0. The highest BCUT2D eigenvalue weighted by Gasteiger charge is 2.25. The molecule has 2 rings (SSSR count). The molecule has 2 atom stereocenters. The lowest BCUT2D eigenvalue weighted by molar-refractivity contribution is 0.0197. The van der Waals surface area contributed by atoms with Crippen molar-refractivity contribution in [2.24, 2.45) is 11.7 Å². The zero-order valence-electron chi connectivity index (χ0n) is 10.1. The van der Waals surface area contributed by atoms with Crippen LogP contribution in [0.25, 0.3) is 0 Å². The summed E-state index contributed by atoms with van der Waals surface area (Å²) in [5.41, 5.74) is 7.40. The van der Waals surface area contributed by atoms with Crippen LogP contribution in [0.4, 0.5) is 4.39 Å². The maximum atomic E-state index is 14.3. The van der Waals surface area contributed by atoms with Gasteiger partial charge in [0.05, 0.1) is 6.61 Å². The second-order valence-electron chi connectivity index (χ2n) is 4.66. The van der Waals surface area contributed by atoms with E-state index in [1.165, 1.54) is 0 Å². The van der Waals surface area contributed by atoms with Crippen LogP contribution in [-0.4, -0.2) is 19.8 Å². The van der Waals surface area contributed by atoms with Crippen molar-refractivity contribution in [2.75, 3.05) is 19.8 Å². The lowest BCUT2D eigenvalue weighted by Gasteiger charge is -2.25. The Bertz CT molecular complexity index is 350. The molecule has 0 aliphatic carbocycles. The summed E-state index contributed by atoms with van der Waals surface area (Å²) in [4.78, 5) is 0. The van der Waals surface area contributed by atoms with Gasteiger partial charge in [0, 0.05) is 12.5 Å². The number of rotatable bonds is 4. The molecule has 1 fully saturated rings. The fourth-order valence-corrected chi connectivity index (χ4v) is 2.36. The Hall–Kier alpha value is -0.930. The van der Waals surface area contributed by atoms with Crippen molar-refractivity contribution in [3.05, 3.63) is 35.4 Å². The van der Waals surface area contributed by atoms with E-state index in [1.807, 2.05) is 24.3 Å². The summed E-state index contributed by atoms with van der Waals surface area (Å²) in [6.45, 7) is 1.92. The quantitative estimate of drug-likeness (QED) is 0.873. The summed E-state index contributed by atoms with van der Waals surface area (Å²) < 4.78 is 19.7. The molecule has 1 heterocycles. The van der Waals surface area contributed by atoms with E-state index >= 15 is 0 Å². The van der Waals surface area contributed by atoms with E-state index in [4.69, 9.17) is 10.5 Å². The van der Waals surface area contributed by atoms with Crippen LogP contribution in [0, 0.1) is 5.92 Å². The monoisotopic (exact) mass is 237 g/mol. The molecule has 1 aliphatic rings. The summed E-state index contributed by atoms with van der Waals surface area (Å²) in [6, 6.07) is 7.71. The van der Waals surface area contributed by atoms with E-state index in [0.29, 0.717) is 13.2 Å². The van der Waals surface area contributed by atoms with Gasteiger partial charge >= 0.3 is 0 Å². The Morgan fingerprint density at radius 3 is 3.06 bits per heavy atom. The van der Waals surface area contributed by atoms with Crippen molar-refractivity contribution in [3.63, 3.8) is 0 Å². The van der Waals surface area contributed by atoms with Gasteiger partial charge in [-0.05, 0) is 36.9 Å². The summed E-state index contributed by atoms with van der Waals surface area (Å²) in [6.07, 6.45) is 1.78. The first-order valence-corrected chi connectivity index (χ1v) is 6.32. The molecule has 0 aromatic heterocycles. The van der Waals surface area contributed by atoms with E-state index in [9.17, 15) is 4.39 Å². The zero-order chi connectivity index (χ0) is 12.1. The fourth-order valence-electron chi connectivity index (χ4n) is 2.36. The predicted molar refractivity (Wildman–Crippen MR) is 66.6 cm³/mol. The van der Waals surface area contributed by atoms with E-state index < -0.39 is 6.17 Å². The molecule has 1 aromatic rings. The van der Waals surface area contributed by atoms with E-state index in [2.05, 4.69) is 0 Å². The molecule has 0 spiro atoms. The van der Waals surface area contributed by atoms with Gasteiger partial charge in [0.2, 0.25) is 0 Å². The summed E-state index contributed by atoms with van der Waals surface area (Å²) in [5, 5.41) is 0. The molecule has 1 saturated heterocycles. The minimum atomic E-state index is -0.909. The minimum absolute atomic E-state index is 0.0110. The summed E-state index contributed by atoms with van der Waals surface area (Å²) >= 11 is 0. The molecule has 2 nitrogen and oxygen atoms in total. The van der Waals surface area contributed by atoms with Gasteiger partial charge in [-0.25, -0.2) is 4.39 Å². The highest BCUT2D eigenvalue weighted by molar-refractivity contribution is 5.26.